The van der Waals surface area contributed by atoms with Gasteiger partial charge in [-0.2, -0.15) is 0 Å². The molecule has 0 aromatic heterocycles. The average molecular weight is 230 g/mol. The summed E-state index contributed by atoms with van der Waals surface area (Å²) in [6.45, 7) is 2.77. The maximum absolute atomic E-state index is 11.7. The van der Waals surface area contributed by atoms with Gasteiger partial charge >= 0.3 is 6.03 Å². The van der Waals surface area contributed by atoms with Gasteiger partial charge in [0.25, 0.3) is 0 Å². The van der Waals surface area contributed by atoms with E-state index in [9.17, 15) is 9.90 Å². The topological polar surface area (TPSA) is 61.8 Å². The van der Waals surface area contributed by atoms with E-state index in [1.165, 1.54) is 4.90 Å². The standard InChI is InChI=1S/C11H22N2O3/c1-8(7-16-3)12-11(15)13(2)6-10(14)9-4-5-9/h8-10,14H,4-7H2,1-3H3,(H,12,15)/t8-,10+/m0/s1. The molecule has 5 heteroatoms. The molecule has 1 aliphatic carbocycles. The third-order valence-electron chi connectivity index (χ3n) is 2.76. The highest BCUT2D eigenvalue weighted by atomic mass is 16.5. The Kier molecular flexibility index (Phi) is 5.02. The van der Waals surface area contributed by atoms with Crippen molar-refractivity contribution < 1.29 is 14.6 Å². The molecule has 0 saturated heterocycles. The van der Waals surface area contributed by atoms with Crippen LogP contribution in [-0.4, -0.2) is 55.5 Å². The fourth-order valence-electron chi connectivity index (χ4n) is 1.61. The number of nitrogens with one attached hydrogen (secondary N) is 1. The Hall–Kier alpha value is -0.810. The zero-order valence-corrected chi connectivity index (χ0v) is 10.3. The number of amides is 2. The number of carbonyl (C=O) groups is 1. The number of ether oxygens (including phenoxy) is 1. The summed E-state index contributed by atoms with van der Waals surface area (Å²) in [5.41, 5.74) is 0. The van der Waals surface area contributed by atoms with Crippen LogP contribution in [0.5, 0.6) is 0 Å². The van der Waals surface area contributed by atoms with Gasteiger partial charge in [0.1, 0.15) is 0 Å². The first-order valence-corrected chi connectivity index (χ1v) is 5.73. The van der Waals surface area contributed by atoms with E-state index in [-0.39, 0.29) is 18.2 Å². The molecule has 0 radical (unpaired) electrons. The van der Waals surface area contributed by atoms with Crippen LogP contribution in [0.4, 0.5) is 4.79 Å². The van der Waals surface area contributed by atoms with E-state index in [1.54, 1.807) is 14.2 Å². The highest BCUT2D eigenvalue weighted by Gasteiger charge is 2.31. The molecule has 2 atom stereocenters. The van der Waals surface area contributed by atoms with Crippen LogP contribution in [0, 0.1) is 5.92 Å². The normalized spacial score (nSPS) is 19.0. The fraction of sp³-hybridized carbons (Fsp3) is 0.909. The first-order valence-electron chi connectivity index (χ1n) is 5.73. The van der Waals surface area contributed by atoms with Crippen LogP contribution in [0.15, 0.2) is 0 Å². The van der Waals surface area contributed by atoms with Crippen LogP contribution >= 0.6 is 0 Å². The van der Waals surface area contributed by atoms with E-state index in [0.717, 1.165) is 12.8 Å². The zero-order chi connectivity index (χ0) is 12.1. The monoisotopic (exact) mass is 230 g/mol. The average Bonchev–Trinajstić information content (AvgIpc) is 3.00. The quantitative estimate of drug-likeness (QED) is 0.695. The lowest BCUT2D eigenvalue weighted by Gasteiger charge is -2.23. The number of nitrogens with zero attached hydrogens (tertiary/aromatic N) is 1. The van der Waals surface area contributed by atoms with E-state index in [1.807, 2.05) is 6.92 Å². The molecule has 0 heterocycles. The molecule has 1 rings (SSSR count). The summed E-state index contributed by atoms with van der Waals surface area (Å²) in [7, 11) is 3.30. The molecule has 1 saturated carbocycles. The molecule has 0 spiro atoms. The maximum atomic E-state index is 11.7. The summed E-state index contributed by atoms with van der Waals surface area (Å²) in [5.74, 6) is 0.395. The van der Waals surface area contributed by atoms with Gasteiger partial charge in [-0.05, 0) is 25.7 Å². The van der Waals surface area contributed by atoms with E-state index in [4.69, 9.17) is 4.74 Å². The molecule has 0 aromatic carbocycles. The van der Waals surface area contributed by atoms with Crippen LogP contribution in [-0.2, 0) is 4.74 Å². The molecule has 1 aliphatic rings. The second-order valence-corrected chi connectivity index (χ2v) is 4.59. The van der Waals surface area contributed by atoms with Crippen LogP contribution < -0.4 is 5.32 Å². The molecule has 0 aliphatic heterocycles. The number of carbonyl (C=O) groups excluding carboxylic acids is 1. The molecule has 0 bridgehead atoms. The highest BCUT2D eigenvalue weighted by Crippen LogP contribution is 2.32. The number of hydrogen-bond acceptors (Lipinski definition) is 3. The van der Waals surface area contributed by atoms with Gasteiger partial charge in [0, 0.05) is 20.7 Å². The molecule has 16 heavy (non-hydrogen) atoms. The summed E-state index contributed by atoms with van der Waals surface area (Å²) >= 11 is 0. The van der Waals surface area contributed by atoms with E-state index < -0.39 is 0 Å². The third-order valence-corrected chi connectivity index (χ3v) is 2.76. The van der Waals surface area contributed by atoms with Gasteiger partial charge in [-0.3, -0.25) is 0 Å². The Balaban J connectivity index is 2.23. The molecule has 5 nitrogen and oxygen atoms in total. The van der Waals surface area contributed by atoms with Gasteiger partial charge in [0.15, 0.2) is 0 Å². The molecule has 0 unspecified atom stereocenters. The Bertz CT molecular complexity index is 231. The Morgan fingerprint density at radius 3 is 2.75 bits per heavy atom. The van der Waals surface area contributed by atoms with Crippen LogP contribution in [0.25, 0.3) is 0 Å². The molecule has 94 valence electrons. The number of urea groups is 1. The molecule has 2 amide bonds. The number of rotatable bonds is 6. The number of hydrogen-bond donors (Lipinski definition) is 2. The van der Waals surface area contributed by atoms with E-state index >= 15 is 0 Å². The number of methoxy groups -OCH3 is 1. The van der Waals surface area contributed by atoms with Gasteiger partial charge < -0.3 is 20.1 Å². The lowest BCUT2D eigenvalue weighted by atomic mass is 10.2. The van der Waals surface area contributed by atoms with E-state index in [2.05, 4.69) is 5.32 Å². The van der Waals surface area contributed by atoms with Gasteiger partial charge in [-0.25, -0.2) is 4.79 Å². The fourth-order valence-corrected chi connectivity index (χ4v) is 1.61. The largest absolute Gasteiger partial charge is 0.391 e. The van der Waals surface area contributed by atoms with Crippen molar-refractivity contribution >= 4 is 6.03 Å². The van der Waals surface area contributed by atoms with Crippen molar-refractivity contribution in [2.75, 3.05) is 27.3 Å². The Morgan fingerprint density at radius 2 is 2.25 bits per heavy atom. The molecular formula is C11H22N2O3. The van der Waals surface area contributed by atoms with Gasteiger partial charge in [-0.15, -0.1) is 0 Å². The lowest BCUT2D eigenvalue weighted by molar-refractivity contribution is 0.110. The number of aliphatic hydroxyl groups excluding tert-OH is 1. The van der Waals surface area contributed by atoms with Crippen molar-refractivity contribution in [1.29, 1.82) is 0 Å². The highest BCUT2D eigenvalue weighted by molar-refractivity contribution is 5.74. The molecule has 1 fully saturated rings. The van der Waals surface area contributed by atoms with Crippen molar-refractivity contribution in [2.24, 2.45) is 5.92 Å². The van der Waals surface area contributed by atoms with Crippen LogP contribution in [0.3, 0.4) is 0 Å². The molecular weight excluding hydrogens is 208 g/mol. The van der Waals surface area contributed by atoms with Gasteiger partial charge in [0.2, 0.25) is 0 Å². The van der Waals surface area contributed by atoms with Crippen molar-refractivity contribution in [1.82, 2.24) is 10.2 Å². The second kappa shape index (κ2) is 6.06. The minimum Gasteiger partial charge on any atom is -0.391 e. The molecule has 0 aromatic rings. The van der Waals surface area contributed by atoms with Crippen molar-refractivity contribution in [2.45, 2.75) is 31.9 Å². The number of aliphatic hydroxyl groups is 1. The SMILES string of the molecule is COC[C@H](C)NC(=O)N(C)C[C@@H](O)C1CC1. The number of likely N-dealkylation sites (N-methyl/N-ethyl adjacent to an activating group) is 1. The molecule has 2 N–H and O–H groups in total. The van der Waals surface area contributed by atoms with Crippen LogP contribution in [0.2, 0.25) is 0 Å². The summed E-state index contributed by atoms with van der Waals surface area (Å²) in [4.78, 5) is 13.2. The van der Waals surface area contributed by atoms with Crippen molar-refractivity contribution in [3.8, 4) is 0 Å². The summed E-state index contributed by atoms with van der Waals surface area (Å²) in [5, 5.41) is 12.5. The van der Waals surface area contributed by atoms with Crippen molar-refractivity contribution in [3.63, 3.8) is 0 Å². The third kappa shape index (κ3) is 4.37. The van der Waals surface area contributed by atoms with Gasteiger partial charge in [-0.1, -0.05) is 0 Å². The smallest absolute Gasteiger partial charge is 0.317 e. The summed E-state index contributed by atoms with van der Waals surface area (Å²) in [6.07, 6.45) is 1.78. The van der Waals surface area contributed by atoms with Crippen molar-refractivity contribution in [3.05, 3.63) is 0 Å². The Labute approximate surface area is 96.8 Å². The Morgan fingerprint density at radius 1 is 1.62 bits per heavy atom. The predicted molar refractivity (Wildman–Crippen MR) is 61.2 cm³/mol. The maximum Gasteiger partial charge on any atom is 0.317 e. The predicted octanol–water partition coefficient (Wildman–Crippen LogP) is 0.434. The summed E-state index contributed by atoms with van der Waals surface area (Å²) in [6, 6.07) is -0.178. The lowest BCUT2D eigenvalue weighted by Crippen LogP contribution is -2.46. The minimum atomic E-state index is -0.381. The first-order chi connectivity index (χ1) is 7.54. The zero-order valence-electron chi connectivity index (χ0n) is 10.3. The summed E-state index contributed by atoms with van der Waals surface area (Å²) < 4.78 is 4.93. The van der Waals surface area contributed by atoms with Crippen LogP contribution in [0.1, 0.15) is 19.8 Å². The van der Waals surface area contributed by atoms with Gasteiger partial charge in [0.05, 0.1) is 18.8 Å². The first kappa shape index (κ1) is 13.3. The minimum absolute atomic E-state index is 0.0157. The second-order valence-electron chi connectivity index (χ2n) is 4.59. The van der Waals surface area contributed by atoms with E-state index in [0.29, 0.717) is 19.1 Å².